The van der Waals surface area contributed by atoms with Crippen LogP contribution in [-0.4, -0.2) is 25.0 Å². The average molecular weight is 385 g/mol. The lowest BCUT2D eigenvalue weighted by Crippen LogP contribution is -2.11. The Morgan fingerprint density at radius 3 is 2.11 bits per heavy atom. The zero-order chi connectivity index (χ0) is 20.1. The van der Waals surface area contributed by atoms with E-state index in [1.165, 1.54) is 0 Å². The second-order valence-corrected chi connectivity index (χ2v) is 8.88. The Morgan fingerprint density at radius 1 is 1.00 bits per heavy atom. The highest BCUT2D eigenvalue weighted by atomic mass is 32.2. The molecule has 0 amide bonds. The standard InChI is InChI=1S/C21H24N2O3S/c1-12-7-9-17(10-8-12)23-15(4)20(16(5)24)18-11-19(22-27(6,25)26)13(2)14(3)21(18)23/h7-11,22H,1-6H3. The number of anilines is 1. The van der Waals surface area contributed by atoms with E-state index in [0.29, 0.717) is 11.3 Å². The Morgan fingerprint density at radius 2 is 1.59 bits per heavy atom. The molecule has 0 spiro atoms. The van der Waals surface area contributed by atoms with E-state index in [4.69, 9.17) is 0 Å². The fraction of sp³-hybridized carbons (Fsp3) is 0.286. The van der Waals surface area contributed by atoms with E-state index in [9.17, 15) is 13.2 Å². The van der Waals surface area contributed by atoms with Gasteiger partial charge in [-0.3, -0.25) is 9.52 Å². The zero-order valence-electron chi connectivity index (χ0n) is 16.5. The molecule has 0 fully saturated rings. The first kappa shape index (κ1) is 19.2. The Hall–Kier alpha value is -2.60. The van der Waals surface area contributed by atoms with Gasteiger partial charge in [-0.05, 0) is 63.9 Å². The summed E-state index contributed by atoms with van der Waals surface area (Å²) < 4.78 is 28.2. The predicted molar refractivity (Wildman–Crippen MR) is 111 cm³/mol. The quantitative estimate of drug-likeness (QED) is 0.676. The molecule has 0 aliphatic heterocycles. The maximum absolute atomic E-state index is 12.4. The number of aromatic nitrogens is 1. The van der Waals surface area contributed by atoms with E-state index in [1.807, 2.05) is 52.0 Å². The number of sulfonamides is 1. The van der Waals surface area contributed by atoms with Gasteiger partial charge in [0.25, 0.3) is 0 Å². The fourth-order valence-corrected chi connectivity index (χ4v) is 4.23. The number of rotatable bonds is 4. The second kappa shape index (κ2) is 6.53. The minimum absolute atomic E-state index is 0.0445. The van der Waals surface area contributed by atoms with Crippen molar-refractivity contribution in [2.45, 2.75) is 34.6 Å². The summed E-state index contributed by atoms with van der Waals surface area (Å²) in [6.45, 7) is 9.34. The summed E-state index contributed by atoms with van der Waals surface area (Å²) >= 11 is 0. The molecule has 142 valence electrons. The van der Waals surface area contributed by atoms with Gasteiger partial charge in [-0.15, -0.1) is 0 Å². The highest BCUT2D eigenvalue weighted by Gasteiger charge is 2.22. The largest absolute Gasteiger partial charge is 0.313 e. The molecule has 1 N–H and O–H groups in total. The van der Waals surface area contributed by atoms with Gasteiger partial charge in [-0.1, -0.05) is 17.7 Å². The molecule has 0 bridgehead atoms. The molecule has 0 radical (unpaired) electrons. The Kier molecular flexibility index (Phi) is 4.64. The van der Waals surface area contributed by atoms with E-state index in [2.05, 4.69) is 9.29 Å². The van der Waals surface area contributed by atoms with Crippen LogP contribution in [0.3, 0.4) is 0 Å². The van der Waals surface area contributed by atoms with E-state index in [-0.39, 0.29) is 5.78 Å². The van der Waals surface area contributed by atoms with Gasteiger partial charge in [-0.25, -0.2) is 8.42 Å². The number of aryl methyl sites for hydroxylation is 2. The molecule has 3 rings (SSSR count). The van der Waals surface area contributed by atoms with Gasteiger partial charge >= 0.3 is 0 Å². The van der Waals surface area contributed by atoms with Gasteiger partial charge in [-0.2, -0.15) is 0 Å². The van der Waals surface area contributed by atoms with E-state index < -0.39 is 10.0 Å². The predicted octanol–water partition coefficient (Wildman–Crippen LogP) is 4.44. The average Bonchev–Trinajstić information content (AvgIpc) is 2.84. The maximum Gasteiger partial charge on any atom is 0.229 e. The zero-order valence-corrected chi connectivity index (χ0v) is 17.3. The lowest BCUT2D eigenvalue weighted by atomic mass is 10.0. The van der Waals surface area contributed by atoms with Crippen molar-refractivity contribution in [3.63, 3.8) is 0 Å². The second-order valence-electron chi connectivity index (χ2n) is 7.13. The van der Waals surface area contributed by atoms with Crippen molar-refractivity contribution in [2.75, 3.05) is 11.0 Å². The molecular weight excluding hydrogens is 360 g/mol. The van der Waals surface area contributed by atoms with Crippen molar-refractivity contribution in [2.24, 2.45) is 0 Å². The Bertz CT molecular complexity index is 1170. The minimum Gasteiger partial charge on any atom is -0.313 e. The monoisotopic (exact) mass is 384 g/mol. The van der Waals surface area contributed by atoms with Gasteiger partial charge in [0.05, 0.1) is 17.5 Å². The van der Waals surface area contributed by atoms with Crippen molar-refractivity contribution >= 4 is 32.4 Å². The molecule has 1 aromatic heterocycles. The van der Waals surface area contributed by atoms with Gasteiger partial charge in [0.1, 0.15) is 0 Å². The third-order valence-corrected chi connectivity index (χ3v) is 5.59. The van der Waals surface area contributed by atoms with Crippen LogP contribution in [0.5, 0.6) is 0 Å². The summed E-state index contributed by atoms with van der Waals surface area (Å²) in [6, 6.07) is 9.91. The van der Waals surface area contributed by atoms with Gasteiger partial charge in [0, 0.05) is 22.3 Å². The van der Waals surface area contributed by atoms with E-state index >= 15 is 0 Å². The number of carbonyl (C=O) groups is 1. The smallest absolute Gasteiger partial charge is 0.229 e. The molecule has 2 aromatic carbocycles. The number of hydrogen-bond donors (Lipinski definition) is 1. The molecule has 0 saturated heterocycles. The molecule has 1 heterocycles. The third kappa shape index (κ3) is 3.37. The summed E-state index contributed by atoms with van der Waals surface area (Å²) in [4.78, 5) is 12.4. The van der Waals surface area contributed by atoms with E-state index in [1.54, 1.807) is 13.0 Å². The molecule has 0 atom stereocenters. The van der Waals surface area contributed by atoms with Gasteiger partial charge in [0.15, 0.2) is 5.78 Å². The highest BCUT2D eigenvalue weighted by Crippen LogP contribution is 2.36. The lowest BCUT2D eigenvalue weighted by Gasteiger charge is -2.15. The molecule has 6 heteroatoms. The summed E-state index contributed by atoms with van der Waals surface area (Å²) in [5.74, 6) is -0.0445. The molecule has 5 nitrogen and oxygen atoms in total. The fourth-order valence-electron chi connectivity index (χ4n) is 3.62. The number of Topliss-reactive ketones (excluding diaryl/α,β-unsaturated/α-hetero) is 1. The first-order valence-electron chi connectivity index (χ1n) is 8.72. The molecule has 27 heavy (non-hydrogen) atoms. The van der Waals surface area contributed by atoms with Crippen LogP contribution in [0, 0.1) is 27.7 Å². The van der Waals surface area contributed by atoms with Crippen molar-refractivity contribution in [3.05, 3.63) is 58.3 Å². The first-order valence-corrected chi connectivity index (χ1v) is 10.6. The number of benzene rings is 2. The van der Waals surface area contributed by atoms with Crippen LogP contribution in [0.15, 0.2) is 30.3 Å². The van der Waals surface area contributed by atoms with Crippen LogP contribution < -0.4 is 4.72 Å². The maximum atomic E-state index is 12.4. The number of nitrogens with one attached hydrogen (secondary N) is 1. The first-order chi connectivity index (χ1) is 12.5. The van der Waals surface area contributed by atoms with Crippen molar-refractivity contribution < 1.29 is 13.2 Å². The Labute approximate surface area is 160 Å². The van der Waals surface area contributed by atoms with Crippen LogP contribution in [0.4, 0.5) is 5.69 Å². The summed E-state index contributed by atoms with van der Waals surface area (Å²) in [6.07, 6.45) is 1.13. The number of hydrogen-bond acceptors (Lipinski definition) is 3. The van der Waals surface area contributed by atoms with Crippen molar-refractivity contribution in [3.8, 4) is 5.69 Å². The number of nitrogens with zero attached hydrogens (tertiary/aromatic N) is 1. The topological polar surface area (TPSA) is 68.2 Å². The van der Waals surface area contributed by atoms with Crippen LogP contribution in [0.2, 0.25) is 0 Å². The van der Waals surface area contributed by atoms with Gasteiger partial charge in [0.2, 0.25) is 10.0 Å². The minimum atomic E-state index is -3.42. The van der Waals surface area contributed by atoms with Crippen LogP contribution in [0.1, 0.15) is 39.7 Å². The number of carbonyl (C=O) groups excluding carboxylic acids is 1. The van der Waals surface area contributed by atoms with Crippen LogP contribution >= 0.6 is 0 Å². The SMILES string of the molecule is CC(=O)c1c(C)n(-c2ccc(C)cc2)c2c(C)c(C)c(NS(C)(=O)=O)cc12. The number of fused-ring (bicyclic) bond motifs is 1. The molecule has 0 aliphatic rings. The van der Waals surface area contributed by atoms with Gasteiger partial charge < -0.3 is 4.57 Å². The molecule has 0 saturated carbocycles. The van der Waals surface area contributed by atoms with Crippen molar-refractivity contribution in [1.29, 1.82) is 0 Å². The molecule has 0 aliphatic carbocycles. The summed E-state index contributed by atoms with van der Waals surface area (Å²) in [5, 5.41) is 0.759. The molecular formula is C21H24N2O3S. The van der Waals surface area contributed by atoms with Crippen molar-refractivity contribution in [1.82, 2.24) is 4.57 Å². The third-order valence-electron chi connectivity index (χ3n) is 5.00. The van der Waals surface area contributed by atoms with Crippen LogP contribution in [-0.2, 0) is 10.0 Å². The summed E-state index contributed by atoms with van der Waals surface area (Å²) in [5.41, 5.74) is 6.81. The molecule has 3 aromatic rings. The highest BCUT2D eigenvalue weighted by molar-refractivity contribution is 7.92. The molecule has 0 unspecified atom stereocenters. The van der Waals surface area contributed by atoms with E-state index in [0.717, 1.165) is 45.2 Å². The Balaban J connectivity index is 2.45. The van der Waals surface area contributed by atoms with Crippen LogP contribution in [0.25, 0.3) is 16.6 Å². The lowest BCUT2D eigenvalue weighted by molar-refractivity contribution is 0.101. The number of ketones is 1. The normalized spacial score (nSPS) is 11.8. The summed E-state index contributed by atoms with van der Waals surface area (Å²) in [7, 11) is -3.42.